The van der Waals surface area contributed by atoms with Crippen LogP contribution in [0.15, 0.2) is 18.5 Å². The van der Waals surface area contributed by atoms with Crippen molar-refractivity contribution in [1.29, 1.82) is 0 Å². The largest absolute Gasteiger partial charge is 0.351 e. The number of halogens is 2. The van der Waals surface area contributed by atoms with Crippen LogP contribution in [-0.4, -0.2) is 27.8 Å². The minimum Gasteiger partial charge on any atom is -0.351 e. The van der Waals surface area contributed by atoms with E-state index in [0.29, 0.717) is 30.5 Å². The molecule has 1 heterocycles. The molecule has 2 bridgehead atoms. The summed E-state index contributed by atoms with van der Waals surface area (Å²) in [7, 11) is 0. The predicted octanol–water partition coefficient (Wildman–Crippen LogP) is 1.75. The Morgan fingerprint density at radius 3 is 2.52 bits per heavy atom. The number of rotatable bonds is 3. The molecule has 0 spiro atoms. The smallest absolute Gasteiger partial charge is 0.241 e. The molecule has 1 amide bonds. The van der Waals surface area contributed by atoms with Gasteiger partial charge in [-0.2, -0.15) is 5.10 Å². The van der Waals surface area contributed by atoms with Gasteiger partial charge in [0.2, 0.25) is 5.91 Å². The van der Waals surface area contributed by atoms with E-state index in [-0.39, 0.29) is 30.7 Å². The Morgan fingerprint density at radius 1 is 1.29 bits per heavy atom. The first kappa shape index (κ1) is 18.3. The van der Waals surface area contributed by atoms with Crippen LogP contribution in [-0.2, 0) is 11.3 Å². The first-order valence-corrected chi connectivity index (χ1v) is 7.25. The van der Waals surface area contributed by atoms with Crippen molar-refractivity contribution < 1.29 is 4.79 Å². The molecule has 3 N–H and O–H groups in total. The van der Waals surface area contributed by atoms with Crippen molar-refractivity contribution >= 4 is 30.7 Å². The van der Waals surface area contributed by atoms with Crippen LogP contribution in [0.4, 0.5) is 0 Å². The van der Waals surface area contributed by atoms with Crippen LogP contribution in [0.1, 0.15) is 32.1 Å². The molecule has 2 fully saturated rings. The zero-order chi connectivity index (χ0) is 13.2. The van der Waals surface area contributed by atoms with Crippen LogP contribution in [0.2, 0.25) is 0 Å². The molecule has 0 aliphatic heterocycles. The Balaban J connectivity index is 0.00000110. The molecular formula is C14H24Cl2N4O. The van der Waals surface area contributed by atoms with Gasteiger partial charge < -0.3 is 11.1 Å². The zero-order valence-electron chi connectivity index (χ0n) is 12.0. The molecule has 0 aromatic carbocycles. The van der Waals surface area contributed by atoms with Gasteiger partial charge in [-0.1, -0.05) is 6.42 Å². The molecule has 2 atom stereocenters. The zero-order valence-corrected chi connectivity index (χ0v) is 13.6. The molecular weight excluding hydrogens is 311 g/mol. The summed E-state index contributed by atoms with van der Waals surface area (Å²) >= 11 is 0. The second kappa shape index (κ2) is 8.01. The molecule has 1 aromatic heterocycles. The number of carbonyl (C=O) groups excluding carboxylic acids is 1. The van der Waals surface area contributed by atoms with E-state index >= 15 is 0 Å². The lowest BCUT2D eigenvalue weighted by molar-refractivity contribution is -0.124. The summed E-state index contributed by atoms with van der Waals surface area (Å²) in [6.45, 7) is 0.314. The van der Waals surface area contributed by atoms with Gasteiger partial charge in [0, 0.05) is 24.5 Å². The number of fused-ring (bicyclic) bond motifs is 2. The van der Waals surface area contributed by atoms with E-state index in [4.69, 9.17) is 5.73 Å². The maximum absolute atomic E-state index is 12.1. The molecule has 5 nitrogen and oxygen atoms in total. The number of nitrogens with two attached hydrogens (primary N) is 1. The Hall–Kier alpha value is -0.780. The van der Waals surface area contributed by atoms with Crippen molar-refractivity contribution in [3.63, 3.8) is 0 Å². The third kappa shape index (κ3) is 4.34. The van der Waals surface area contributed by atoms with Gasteiger partial charge in [0.1, 0.15) is 6.54 Å². The Bertz CT molecular complexity index is 426. The maximum atomic E-state index is 12.1. The Morgan fingerprint density at radius 2 is 1.95 bits per heavy atom. The van der Waals surface area contributed by atoms with Gasteiger partial charge in [-0.05, 0) is 43.6 Å². The normalized spacial score (nSPS) is 30.7. The average molecular weight is 335 g/mol. The van der Waals surface area contributed by atoms with Crippen molar-refractivity contribution in [2.45, 2.75) is 50.7 Å². The third-order valence-electron chi connectivity index (χ3n) is 4.57. The molecule has 7 heteroatoms. The number of hydrogen-bond donors (Lipinski definition) is 2. The summed E-state index contributed by atoms with van der Waals surface area (Å²) in [6.07, 6.45) is 9.33. The minimum absolute atomic E-state index is 0. The minimum atomic E-state index is 0. The molecule has 1 aromatic rings. The maximum Gasteiger partial charge on any atom is 0.241 e. The summed E-state index contributed by atoms with van der Waals surface area (Å²) in [5.41, 5.74) is 6.10. The van der Waals surface area contributed by atoms with Gasteiger partial charge >= 0.3 is 0 Å². The van der Waals surface area contributed by atoms with E-state index in [1.807, 2.05) is 12.3 Å². The van der Waals surface area contributed by atoms with Gasteiger partial charge in [-0.3, -0.25) is 9.48 Å². The van der Waals surface area contributed by atoms with Gasteiger partial charge in [-0.25, -0.2) is 0 Å². The topological polar surface area (TPSA) is 72.9 Å². The average Bonchev–Trinajstić information content (AvgIpc) is 2.83. The highest BCUT2D eigenvalue weighted by Gasteiger charge is 2.39. The lowest BCUT2D eigenvalue weighted by Gasteiger charge is -2.45. The van der Waals surface area contributed by atoms with Crippen LogP contribution in [0.5, 0.6) is 0 Å². The van der Waals surface area contributed by atoms with Gasteiger partial charge in [-0.15, -0.1) is 24.8 Å². The summed E-state index contributed by atoms with van der Waals surface area (Å²) < 4.78 is 1.67. The van der Waals surface area contributed by atoms with Gasteiger partial charge in [0.25, 0.3) is 0 Å². The number of nitrogens with zero attached hydrogens (tertiary/aromatic N) is 2. The molecule has 2 unspecified atom stereocenters. The molecule has 2 saturated carbocycles. The quantitative estimate of drug-likeness (QED) is 0.884. The predicted molar refractivity (Wildman–Crippen MR) is 86.7 cm³/mol. The third-order valence-corrected chi connectivity index (χ3v) is 4.57. The van der Waals surface area contributed by atoms with E-state index in [1.165, 1.54) is 19.3 Å². The Labute approximate surface area is 137 Å². The monoisotopic (exact) mass is 334 g/mol. The van der Waals surface area contributed by atoms with E-state index in [0.717, 1.165) is 12.8 Å². The van der Waals surface area contributed by atoms with Crippen LogP contribution < -0.4 is 11.1 Å². The van der Waals surface area contributed by atoms with Gasteiger partial charge in [0.05, 0.1) is 0 Å². The van der Waals surface area contributed by atoms with Crippen LogP contribution in [0, 0.1) is 11.8 Å². The SMILES string of the molecule is Cl.Cl.NC1CC2CCCC(C1)C2NC(=O)Cn1cccn1. The van der Waals surface area contributed by atoms with E-state index in [2.05, 4.69) is 10.4 Å². The highest BCUT2D eigenvalue weighted by Crippen LogP contribution is 2.39. The molecule has 2 aliphatic carbocycles. The fourth-order valence-electron chi connectivity index (χ4n) is 3.80. The van der Waals surface area contributed by atoms with Gasteiger partial charge in [0.15, 0.2) is 0 Å². The van der Waals surface area contributed by atoms with Crippen molar-refractivity contribution in [2.24, 2.45) is 17.6 Å². The lowest BCUT2D eigenvalue weighted by Crippen LogP contribution is -2.54. The molecule has 2 aliphatic rings. The highest BCUT2D eigenvalue weighted by molar-refractivity contribution is 5.85. The van der Waals surface area contributed by atoms with E-state index in [1.54, 1.807) is 10.9 Å². The van der Waals surface area contributed by atoms with Crippen molar-refractivity contribution in [3.8, 4) is 0 Å². The number of hydrogen-bond acceptors (Lipinski definition) is 3. The van der Waals surface area contributed by atoms with E-state index < -0.39 is 0 Å². The molecule has 120 valence electrons. The fraction of sp³-hybridized carbons (Fsp3) is 0.714. The Kier molecular flexibility index (Phi) is 6.97. The van der Waals surface area contributed by atoms with Crippen molar-refractivity contribution in [3.05, 3.63) is 18.5 Å². The van der Waals surface area contributed by atoms with E-state index in [9.17, 15) is 4.79 Å². The standard InChI is InChI=1S/C14H22N4O.2ClH/c15-12-7-10-3-1-4-11(8-12)14(10)17-13(19)9-18-6-2-5-16-18;;/h2,5-6,10-12,14H,1,3-4,7-9,15H2,(H,17,19);2*1H. The number of aromatic nitrogens is 2. The summed E-state index contributed by atoms with van der Waals surface area (Å²) in [5.74, 6) is 1.22. The van der Waals surface area contributed by atoms with Crippen molar-refractivity contribution in [2.75, 3.05) is 0 Å². The molecule has 0 saturated heterocycles. The van der Waals surface area contributed by atoms with Crippen molar-refractivity contribution in [1.82, 2.24) is 15.1 Å². The number of carbonyl (C=O) groups is 1. The molecule has 3 rings (SSSR count). The highest BCUT2D eigenvalue weighted by atomic mass is 35.5. The molecule has 0 radical (unpaired) electrons. The lowest BCUT2D eigenvalue weighted by atomic mass is 9.67. The number of amides is 1. The summed E-state index contributed by atoms with van der Waals surface area (Å²) in [5, 5.41) is 7.29. The van der Waals surface area contributed by atoms with Crippen LogP contribution >= 0.6 is 24.8 Å². The first-order chi connectivity index (χ1) is 9.22. The van der Waals surface area contributed by atoms with Crippen LogP contribution in [0.25, 0.3) is 0 Å². The summed E-state index contributed by atoms with van der Waals surface area (Å²) in [6, 6.07) is 2.49. The second-order valence-corrected chi connectivity index (χ2v) is 5.98. The number of nitrogens with one attached hydrogen (secondary N) is 1. The molecule has 21 heavy (non-hydrogen) atoms. The summed E-state index contributed by atoms with van der Waals surface area (Å²) in [4.78, 5) is 12.1. The fourth-order valence-corrected chi connectivity index (χ4v) is 3.80. The first-order valence-electron chi connectivity index (χ1n) is 7.25. The van der Waals surface area contributed by atoms with Crippen LogP contribution in [0.3, 0.4) is 0 Å². The second-order valence-electron chi connectivity index (χ2n) is 5.98.